The van der Waals surface area contributed by atoms with Crippen LogP contribution in [0.5, 0.6) is 0 Å². The lowest BCUT2D eigenvalue weighted by Crippen LogP contribution is -2.05. The fourth-order valence-electron chi connectivity index (χ4n) is 4.93. The minimum Gasteiger partial charge on any atom is -0.372 e. The van der Waals surface area contributed by atoms with Crippen LogP contribution in [0.1, 0.15) is 98.3 Å². The highest BCUT2D eigenvalue weighted by atomic mass is 16.5. The summed E-state index contributed by atoms with van der Waals surface area (Å²) in [6, 6.07) is 18.3. The summed E-state index contributed by atoms with van der Waals surface area (Å²) in [5, 5.41) is 0. The van der Waals surface area contributed by atoms with E-state index in [4.69, 9.17) is 4.74 Å². The van der Waals surface area contributed by atoms with E-state index < -0.39 is 0 Å². The molecule has 2 aromatic carbocycles. The Bertz CT molecular complexity index is 618. The van der Waals surface area contributed by atoms with Crippen LogP contribution in [0.15, 0.2) is 48.5 Å². The van der Waals surface area contributed by atoms with E-state index in [1.165, 1.54) is 93.5 Å². The molecule has 0 aliphatic heterocycles. The van der Waals surface area contributed by atoms with Crippen LogP contribution in [0, 0.1) is 0 Å². The van der Waals surface area contributed by atoms with Crippen LogP contribution in [0.4, 0.5) is 0 Å². The number of hydrogen-bond donors (Lipinski definition) is 1. The van der Waals surface area contributed by atoms with E-state index in [1.807, 2.05) is 0 Å². The van der Waals surface area contributed by atoms with Crippen molar-refractivity contribution in [3.63, 3.8) is 0 Å². The Labute approximate surface area is 177 Å². The second kappa shape index (κ2) is 12.1. The van der Waals surface area contributed by atoms with Gasteiger partial charge in [-0.3, -0.25) is 0 Å². The Morgan fingerprint density at radius 1 is 0.586 bits per heavy atom. The Kier molecular flexibility index (Phi) is 9.24. The molecule has 0 atom stereocenters. The Hall–Kier alpha value is -1.64. The van der Waals surface area contributed by atoms with Gasteiger partial charge in [0.25, 0.3) is 0 Å². The second-order valence-corrected chi connectivity index (χ2v) is 8.65. The molecule has 0 heterocycles. The molecule has 2 nitrogen and oxygen atoms in total. The fraction of sp³-hybridized carbons (Fsp3) is 0.556. The molecular weight excluding hydrogens is 354 g/mol. The summed E-state index contributed by atoms with van der Waals surface area (Å²) in [7, 11) is 1.50. The molecule has 2 aromatic rings. The maximum atomic E-state index is 5.98. The third-order valence-corrected chi connectivity index (χ3v) is 6.65. The lowest BCUT2D eigenvalue weighted by Gasteiger charge is -2.22. The van der Waals surface area contributed by atoms with Gasteiger partial charge in [0.15, 0.2) is 0 Å². The van der Waals surface area contributed by atoms with Crippen molar-refractivity contribution in [3.05, 3.63) is 70.8 Å². The molecule has 2 aliphatic rings. The van der Waals surface area contributed by atoms with Crippen molar-refractivity contribution >= 4 is 0 Å². The molecule has 0 bridgehead atoms. The summed E-state index contributed by atoms with van der Waals surface area (Å²) >= 11 is 0. The number of hydrogen-bond acceptors (Lipinski definition) is 2. The maximum Gasteiger partial charge on any atom is 0.0721 e. The van der Waals surface area contributed by atoms with Gasteiger partial charge in [-0.05, 0) is 66.8 Å². The van der Waals surface area contributed by atoms with Crippen molar-refractivity contribution in [3.8, 4) is 0 Å². The van der Waals surface area contributed by atoms with Gasteiger partial charge >= 0.3 is 0 Å². The molecule has 2 aliphatic carbocycles. The largest absolute Gasteiger partial charge is 0.372 e. The van der Waals surface area contributed by atoms with E-state index in [0.29, 0.717) is 13.2 Å². The lowest BCUT2D eigenvalue weighted by atomic mass is 9.84. The summed E-state index contributed by atoms with van der Waals surface area (Å²) in [4.78, 5) is 0. The van der Waals surface area contributed by atoms with E-state index in [1.54, 1.807) is 0 Å². The van der Waals surface area contributed by atoms with Crippen molar-refractivity contribution < 1.29 is 4.74 Å². The standard InChI is InChI=1S/C26H34O.CH5N/c1-3-7-23(8-4-1)25-15-11-21(12-16-25)19-27-20-22-13-17-26(18-14-22)24-9-5-2-6-10-24;1-2/h11-18,23-24H,1-10,19-20H2;2H2,1H3. The van der Waals surface area contributed by atoms with Crippen molar-refractivity contribution in [1.29, 1.82) is 0 Å². The molecule has 2 N–H and O–H groups in total. The van der Waals surface area contributed by atoms with E-state index >= 15 is 0 Å². The van der Waals surface area contributed by atoms with Gasteiger partial charge in [-0.1, -0.05) is 87.1 Å². The van der Waals surface area contributed by atoms with Crippen LogP contribution in [0.3, 0.4) is 0 Å². The third-order valence-electron chi connectivity index (χ3n) is 6.65. The van der Waals surface area contributed by atoms with Crippen molar-refractivity contribution in [2.24, 2.45) is 5.73 Å². The van der Waals surface area contributed by atoms with E-state index in [2.05, 4.69) is 54.3 Å². The molecule has 158 valence electrons. The van der Waals surface area contributed by atoms with Crippen LogP contribution in [0.25, 0.3) is 0 Å². The van der Waals surface area contributed by atoms with E-state index in [9.17, 15) is 0 Å². The first kappa shape index (κ1) is 22.1. The van der Waals surface area contributed by atoms with Crippen molar-refractivity contribution in [2.45, 2.75) is 89.3 Å². The monoisotopic (exact) mass is 393 g/mol. The molecule has 2 saturated carbocycles. The molecule has 0 spiro atoms. The van der Waals surface area contributed by atoms with Gasteiger partial charge in [0.05, 0.1) is 13.2 Å². The summed E-state index contributed by atoms with van der Waals surface area (Å²) < 4.78 is 5.98. The van der Waals surface area contributed by atoms with Crippen LogP contribution in [-0.2, 0) is 18.0 Å². The summed E-state index contributed by atoms with van der Waals surface area (Å²) in [6.07, 6.45) is 13.9. The number of ether oxygens (including phenoxy) is 1. The average molecular weight is 394 g/mol. The first-order valence-electron chi connectivity index (χ1n) is 11.7. The number of rotatable bonds is 6. The van der Waals surface area contributed by atoms with Gasteiger partial charge in [-0.2, -0.15) is 0 Å². The zero-order valence-corrected chi connectivity index (χ0v) is 18.2. The molecule has 4 rings (SSSR count). The predicted octanol–water partition coefficient (Wildman–Crippen LogP) is 7.07. The Balaban J connectivity index is 0.00000117. The van der Waals surface area contributed by atoms with Crippen LogP contribution in [0.2, 0.25) is 0 Å². The quantitative estimate of drug-likeness (QED) is 0.569. The first-order chi connectivity index (χ1) is 14.4. The molecule has 0 amide bonds. The van der Waals surface area contributed by atoms with Gasteiger partial charge in [-0.25, -0.2) is 0 Å². The first-order valence-corrected chi connectivity index (χ1v) is 11.7. The average Bonchev–Trinajstić information content (AvgIpc) is 2.82. The topological polar surface area (TPSA) is 35.2 Å². The molecule has 0 unspecified atom stereocenters. The zero-order valence-electron chi connectivity index (χ0n) is 18.2. The van der Waals surface area contributed by atoms with E-state index in [-0.39, 0.29) is 0 Å². The Morgan fingerprint density at radius 3 is 1.28 bits per heavy atom. The normalized spacial score (nSPS) is 18.1. The van der Waals surface area contributed by atoms with Gasteiger partial charge in [0.2, 0.25) is 0 Å². The second-order valence-electron chi connectivity index (χ2n) is 8.65. The highest BCUT2D eigenvalue weighted by molar-refractivity contribution is 5.26. The summed E-state index contributed by atoms with van der Waals surface area (Å²) in [6.45, 7) is 1.41. The highest BCUT2D eigenvalue weighted by Gasteiger charge is 2.16. The molecule has 0 aromatic heterocycles. The lowest BCUT2D eigenvalue weighted by molar-refractivity contribution is 0.107. The molecule has 2 fully saturated rings. The smallest absolute Gasteiger partial charge is 0.0721 e. The molecule has 29 heavy (non-hydrogen) atoms. The molecular formula is C27H39NO. The molecule has 0 radical (unpaired) electrons. The third kappa shape index (κ3) is 6.69. The fourth-order valence-corrected chi connectivity index (χ4v) is 4.93. The summed E-state index contributed by atoms with van der Waals surface area (Å²) in [5.74, 6) is 1.58. The van der Waals surface area contributed by atoms with Crippen LogP contribution in [-0.4, -0.2) is 7.05 Å². The predicted molar refractivity (Wildman–Crippen MR) is 123 cm³/mol. The van der Waals surface area contributed by atoms with E-state index in [0.717, 1.165) is 11.8 Å². The van der Waals surface area contributed by atoms with Crippen LogP contribution >= 0.6 is 0 Å². The molecule has 2 heteroatoms. The van der Waals surface area contributed by atoms with Crippen molar-refractivity contribution in [2.75, 3.05) is 7.05 Å². The van der Waals surface area contributed by atoms with Gasteiger partial charge < -0.3 is 10.5 Å². The van der Waals surface area contributed by atoms with Crippen LogP contribution < -0.4 is 5.73 Å². The Morgan fingerprint density at radius 2 is 0.931 bits per heavy atom. The molecule has 0 saturated heterocycles. The zero-order chi connectivity index (χ0) is 20.3. The summed E-state index contributed by atoms with van der Waals surface area (Å²) in [5.41, 5.74) is 10.1. The van der Waals surface area contributed by atoms with Gasteiger partial charge in [0, 0.05) is 0 Å². The van der Waals surface area contributed by atoms with Gasteiger partial charge in [0.1, 0.15) is 0 Å². The van der Waals surface area contributed by atoms with Gasteiger partial charge in [-0.15, -0.1) is 0 Å². The highest BCUT2D eigenvalue weighted by Crippen LogP contribution is 2.33. The minimum atomic E-state index is 0.704. The van der Waals surface area contributed by atoms with Crippen molar-refractivity contribution in [1.82, 2.24) is 0 Å². The number of benzene rings is 2. The number of nitrogens with two attached hydrogens (primary N) is 1. The SMILES string of the molecule is CN.c1cc(C2CCCCC2)ccc1COCc1ccc(C2CCCCC2)cc1. The minimum absolute atomic E-state index is 0.704. The maximum absolute atomic E-state index is 5.98.